The van der Waals surface area contributed by atoms with E-state index in [9.17, 15) is 0 Å². The molecule has 1 aromatic carbocycles. The lowest BCUT2D eigenvalue weighted by Crippen LogP contribution is -1.90. The first-order chi connectivity index (χ1) is 8.29. The van der Waals surface area contributed by atoms with Crippen LogP contribution in [0.3, 0.4) is 0 Å². The highest BCUT2D eigenvalue weighted by atomic mass is 14.8. The third-order valence-corrected chi connectivity index (χ3v) is 2.11. The molecule has 0 bridgehead atoms. The summed E-state index contributed by atoms with van der Waals surface area (Å²) in [6.45, 7) is 12.2. The molecule has 17 heavy (non-hydrogen) atoms. The monoisotopic (exact) mass is 232 g/mol. The van der Waals surface area contributed by atoms with Gasteiger partial charge >= 0.3 is 0 Å². The van der Waals surface area contributed by atoms with Crippen LogP contribution in [0.1, 0.15) is 45.9 Å². The standard InChI is InChI=1S/C11H12N2.2C2H6/c1-3-9-7-12-10-5-4-8(2)6-11(10)13-9;2*1-2/h4-7H,3H2,1-2H3;2*1-2H3. The van der Waals surface area contributed by atoms with E-state index in [0.717, 1.165) is 23.1 Å². The summed E-state index contributed by atoms with van der Waals surface area (Å²) in [5.74, 6) is 0. The molecule has 0 spiro atoms. The second-order valence-electron chi connectivity index (χ2n) is 3.21. The number of aryl methyl sites for hydroxylation is 2. The van der Waals surface area contributed by atoms with Gasteiger partial charge < -0.3 is 0 Å². The molecule has 2 nitrogen and oxygen atoms in total. The van der Waals surface area contributed by atoms with Gasteiger partial charge in [-0.15, -0.1) is 0 Å². The van der Waals surface area contributed by atoms with E-state index in [4.69, 9.17) is 0 Å². The summed E-state index contributed by atoms with van der Waals surface area (Å²) >= 11 is 0. The Bertz CT molecular complexity index is 436. The highest BCUT2D eigenvalue weighted by Gasteiger charge is 1.97. The summed E-state index contributed by atoms with van der Waals surface area (Å²) in [4.78, 5) is 8.82. The van der Waals surface area contributed by atoms with E-state index in [1.807, 2.05) is 40.0 Å². The van der Waals surface area contributed by atoms with Crippen LogP contribution in [0.2, 0.25) is 0 Å². The fourth-order valence-electron chi connectivity index (χ4n) is 1.33. The zero-order valence-electron chi connectivity index (χ0n) is 11.9. The Balaban J connectivity index is 0.000000581. The van der Waals surface area contributed by atoms with Gasteiger partial charge in [0.2, 0.25) is 0 Å². The number of hydrogen-bond donors (Lipinski definition) is 0. The van der Waals surface area contributed by atoms with E-state index >= 15 is 0 Å². The van der Waals surface area contributed by atoms with Crippen molar-refractivity contribution in [1.82, 2.24) is 9.97 Å². The third-order valence-electron chi connectivity index (χ3n) is 2.11. The predicted molar refractivity (Wildman–Crippen MR) is 76.3 cm³/mol. The molecular weight excluding hydrogens is 208 g/mol. The number of hydrogen-bond acceptors (Lipinski definition) is 2. The van der Waals surface area contributed by atoms with Crippen LogP contribution in [0.5, 0.6) is 0 Å². The predicted octanol–water partition coefficient (Wildman–Crippen LogP) is 4.55. The second kappa shape index (κ2) is 8.68. The number of rotatable bonds is 1. The molecule has 0 aliphatic rings. The van der Waals surface area contributed by atoms with Crippen LogP contribution in [0, 0.1) is 6.92 Å². The molecule has 0 atom stereocenters. The molecule has 1 heterocycles. The van der Waals surface area contributed by atoms with Crippen LogP contribution < -0.4 is 0 Å². The van der Waals surface area contributed by atoms with E-state index in [2.05, 4.69) is 35.9 Å². The van der Waals surface area contributed by atoms with Crippen LogP contribution in [0.15, 0.2) is 24.4 Å². The first-order valence-electron chi connectivity index (χ1n) is 6.52. The number of fused-ring (bicyclic) bond motifs is 1. The maximum Gasteiger partial charge on any atom is 0.0892 e. The van der Waals surface area contributed by atoms with Gasteiger partial charge in [0, 0.05) is 6.20 Å². The molecule has 2 aromatic rings. The fraction of sp³-hybridized carbons (Fsp3) is 0.467. The Hall–Kier alpha value is -1.44. The van der Waals surface area contributed by atoms with Gasteiger partial charge in [0.1, 0.15) is 0 Å². The van der Waals surface area contributed by atoms with Crippen molar-refractivity contribution in [2.45, 2.75) is 48.0 Å². The first-order valence-corrected chi connectivity index (χ1v) is 6.52. The van der Waals surface area contributed by atoms with Crippen LogP contribution in [-0.2, 0) is 6.42 Å². The summed E-state index contributed by atoms with van der Waals surface area (Å²) < 4.78 is 0. The minimum atomic E-state index is 0.941. The van der Waals surface area contributed by atoms with Crippen molar-refractivity contribution in [3.63, 3.8) is 0 Å². The smallest absolute Gasteiger partial charge is 0.0892 e. The fourth-order valence-corrected chi connectivity index (χ4v) is 1.33. The maximum absolute atomic E-state index is 4.49. The van der Waals surface area contributed by atoms with Crippen LogP contribution in [0.25, 0.3) is 11.0 Å². The van der Waals surface area contributed by atoms with E-state index in [0.29, 0.717) is 0 Å². The van der Waals surface area contributed by atoms with Gasteiger partial charge in [-0.3, -0.25) is 4.98 Å². The zero-order chi connectivity index (χ0) is 13.3. The van der Waals surface area contributed by atoms with E-state index in [1.165, 1.54) is 5.56 Å². The van der Waals surface area contributed by atoms with Crippen LogP contribution in [-0.4, -0.2) is 9.97 Å². The number of nitrogens with zero attached hydrogens (tertiary/aromatic N) is 2. The van der Waals surface area contributed by atoms with Gasteiger partial charge in [-0.25, -0.2) is 4.98 Å². The van der Waals surface area contributed by atoms with Crippen molar-refractivity contribution in [3.8, 4) is 0 Å². The highest BCUT2D eigenvalue weighted by Crippen LogP contribution is 2.11. The molecule has 94 valence electrons. The topological polar surface area (TPSA) is 25.8 Å². The zero-order valence-corrected chi connectivity index (χ0v) is 11.9. The molecule has 0 fully saturated rings. The lowest BCUT2D eigenvalue weighted by atomic mass is 10.2. The van der Waals surface area contributed by atoms with Crippen molar-refractivity contribution in [1.29, 1.82) is 0 Å². The van der Waals surface area contributed by atoms with Gasteiger partial charge in [0.25, 0.3) is 0 Å². The normalized spacial score (nSPS) is 8.82. The average Bonchev–Trinajstić information content (AvgIpc) is 2.42. The molecule has 0 aliphatic heterocycles. The van der Waals surface area contributed by atoms with E-state index in [1.54, 1.807) is 0 Å². The first kappa shape index (κ1) is 15.6. The van der Waals surface area contributed by atoms with E-state index in [-0.39, 0.29) is 0 Å². The van der Waals surface area contributed by atoms with Crippen LogP contribution in [0.4, 0.5) is 0 Å². The molecule has 2 heteroatoms. The molecule has 0 saturated carbocycles. The summed E-state index contributed by atoms with van der Waals surface area (Å²) in [7, 11) is 0. The quantitative estimate of drug-likeness (QED) is 0.720. The maximum atomic E-state index is 4.49. The Morgan fingerprint density at radius 1 is 1.00 bits per heavy atom. The number of aromatic nitrogens is 2. The van der Waals surface area contributed by atoms with Crippen molar-refractivity contribution in [3.05, 3.63) is 35.7 Å². The lowest BCUT2D eigenvalue weighted by molar-refractivity contribution is 1.03. The molecule has 2 rings (SSSR count). The molecule has 0 saturated heterocycles. The summed E-state index contributed by atoms with van der Waals surface area (Å²) in [6.07, 6.45) is 2.79. The van der Waals surface area contributed by atoms with Crippen molar-refractivity contribution in [2.24, 2.45) is 0 Å². The molecule has 0 N–H and O–H groups in total. The van der Waals surface area contributed by atoms with Gasteiger partial charge in [-0.1, -0.05) is 40.7 Å². The number of benzene rings is 1. The molecular formula is C15H24N2. The van der Waals surface area contributed by atoms with Gasteiger partial charge in [0.15, 0.2) is 0 Å². The Kier molecular flexibility index (Phi) is 7.95. The minimum absolute atomic E-state index is 0.941. The van der Waals surface area contributed by atoms with Crippen molar-refractivity contribution >= 4 is 11.0 Å². The molecule has 0 amide bonds. The summed E-state index contributed by atoms with van der Waals surface area (Å²) in [5.41, 5.74) is 4.26. The SMILES string of the molecule is CC.CC.CCc1cnc2ccc(C)cc2n1. The second-order valence-corrected chi connectivity index (χ2v) is 3.21. The van der Waals surface area contributed by atoms with Gasteiger partial charge in [0.05, 0.1) is 16.7 Å². The minimum Gasteiger partial charge on any atom is -0.253 e. The van der Waals surface area contributed by atoms with Crippen molar-refractivity contribution in [2.75, 3.05) is 0 Å². The summed E-state index contributed by atoms with van der Waals surface area (Å²) in [5, 5.41) is 0. The highest BCUT2D eigenvalue weighted by molar-refractivity contribution is 5.74. The van der Waals surface area contributed by atoms with Gasteiger partial charge in [-0.2, -0.15) is 0 Å². The van der Waals surface area contributed by atoms with E-state index < -0.39 is 0 Å². The molecule has 0 aliphatic carbocycles. The Morgan fingerprint density at radius 3 is 2.24 bits per heavy atom. The van der Waals surface area contributed by atoms with Gasteiger partial charge in [-0.05, 0) is 31.0 Å². The van der Waals surface area contributed by atoms with Crippen LogP contribution >= 0.6 is 0 Å². The molecule has 1 aromatic heterocycles. The van der Waals surface area contributed by atoms with Crippen molar-refractivity contribution < 1.29 is 0 Å². The Labute approximate surface area is 105 Å². The lowest BCUT2D eigenvalue weighted by Gasteiger charge is -2.00. The molecule has 0 radical (unpaired) electrons. The molecule has 0 unspecified atom stereocenters. The summed E-state index contributed by atoms with van der Waals surface area (Å²) in [6, 6.07) is 6.14. The largest absolute Gasteiger partial charge is 0.253 e. The average molecular weight is 232 g/mol. The third kappa shape index (κ3) is 4.51. The Morgan fingerprint density at radius 2 is 1.65 bits per heavy atom.